The molecule has 0 spiro atoms. The van der Waals surface area contributed by atoms with Crippen LogP contribution in [0.5, 0.6) is 0 Å². The number of oxime groups is 1. The van der Waals surface area contributed by atoms with Gasteiger partial charge in [0.1, 0.15) is 29.1 Å². The monoisotopic (exact) mass is 484 g/mol. The van der Waals surface area contributed by atoms with Gasteiger partial charge in [-0.15, -0.1) is 23.1 Å². The Bertz CT molecular complexity index is 996. The number of amides is 3. The number of carbonyl (C=O) groups is 4. The molecule has 2 unspecified atom stereocenters. The number of thiazole rings is 1. The molecule has 3 amide bonds. The average molecular weight is 485 g/mol. The largest absolute Gasteiger partial charge is 0.481 e. The normalized spacial score (nSPS) is 27.1. The molecule has 1 aromatic heterocycles. The molecule has 15 heteroatoms. The van der Waals surface area contributed by atoms with Crippen LogP contribution in [0.4, 0.5) is 9.93 Å². The number of ether oxygens (including phenoxy) is 1. The summed E-state index contributed by atoms with van der Waals surface area (Å²) < 4.78 is 5.21. The molecule has 0 aliphatic carbocycles. The zero-order valence-electron chi connectivity index (χ0n) is 16.6. The molecule has 3 aliphatic heterocycles. The SMILES string of the molecule is Nc1nc(C(=NO)C(=O)NC2C(=O)N3CC(COC(=O)N4CCC4)(C(=O)O)CS[C@H]23)cs1. The van der Waals surface area contributed by atoms with Gasteiger partial charge in [0, 0.05) is 30.8 Å². The second-order valence-electron chi connectivity index (χ2n) is 7.62. The molecule has 4 rings (SSSR count). The Kier molecular flexibility index (Phi) is 5.85. The number of nitrogens with zero attached hydrogens (tertiary/aromatic N) is 4. The van der Waals surface area contributed by atoms with Crippen molar-refractivity contribution in [1.82, 2.24) is 20.1 Å². The van der Waals surface area contributed by atoms with Crippen LogP contribution in [0.3, 0.4) is 0 Å². The standard InChI is InChI=1S/C17H20N6O7S2/c18-15-19-8(4-31-15)9(21-29)11(24)20-10-12(25)23-5-17(14(26)27,7-32-13(10)23)6-30-16(28)22-2-1-3-22/h4,10,13,29H,1-3,5-7H2,(H2,18,19)(H,20,24)(H,26,27)/t10?,13-,17?/m1/s1. The van der Waals surface area contributed by atoms with Crippen molar-refractivity contribution in [3.05, 3.63) is 11.1 Å². The molecular weight excluding hydrogens is 464 g/mol. The van der Waals surface area contributed by atoms with Crippen molar-refractivity contribution in [2.45, 2.75) is 17.8 Å². The molecular formula is C17H20N6O7S2. The number of aromatic nitrogens is 1. The van der Waals surface area contributed by atoms with Crippen molar-refractivity contribution >= 4 is 57.8 Å². The molecule has 13 nitrogen and oxygen atoms in total. The maximum absolute atomic E-state index is 12.6. The summed E-state index contributed by atoms with van der Waals surface area (Å²) >= 11 is 2.23. The lowest BCUT2D eigenvalue weighted by Crippen LogP contribution is -2.74. The van der Waals surface area contributed by atoms with Crippen molar-refractivity contribution in [2.24, 2.45) is 10.6 Å². The zero-order valence-corrected chi connectivity index (χ0v) is 18.2. The first kappa shape index (κ1) is 22.1. The third-order valence-corrected chi connectivity index (χ3v) is 7.81. The second kappa shape index (κ2) is 8.46. The van der Waals surface area contributed by atoms with E-state index in [1.165, 1.54) is 26.9 Å². The topological polar surface area (TPSA) is 188 Å². The van der Waals surface area contributed by atoms with E-state index in [2.05, 4.69) is 15.5 Å². The predicted molar refractivity (Wildman–Crippen MR) is 112 cm³/mol. The first-order valence-electron chi connectivity index (χ1n) is 9.57. The Hall–Kier alpha value is -3.07. The first-order valence-corrected chi connectivity index (χ1v) is 11.5. The van der Waals surface area contributed by atoms with Gasteiger partial charge < -0.3 is 35.9 Å². The summed E-state index contributed by atoms with van der Waals surface area (Å²) in [6.07, 6.45) is 0.313. The van der Waals surface area contributed by atoms with Crippen molar-refractivity contribution in [3.8, 4) is 0 Å². The second-order valence-corrected chi connectivity index (χ2v) is 9.61. The van der Waals surface area contributed by atoms with Crippen LogP contribution in [0.1, 0.15) is 12.1 Å². The highest BCUT2D eigenvalue weighted by atomic mass is 32.2. The quantitative estimate of drug-likeness (QED) is 0.172. The molecule has 172 valence electrons. The third kappa shape index (κ3) is 3.81. The molecule has 3 aliphatic rings. The number of nitrogen functional groups attached to an aromatic ring is 1. The van der Waals surface area contributed by atoms with E-state index in [1.54, 1.807) is 0 Å². The maximum Gasteiger partial charge on any atom is 0.409 e. The summed E-state index contributed by atoms with van der Waals surface area (Å²) in [5.41, 5.74) is 3.78. The summed E-state index contributed by atoms with van der Waals surface area (Å²) in [5, 5.41) is 25.6. The predicted octanol–water partition coefficient (Wildman–Crippen LogP) is -0.783. The lowest BCUT2D eigenvalue weighted by molar-refractivity contribution is -0.160. The van der Waals surface area contributed by atoms with E-state index in [-0.39, 0.29) is 35.4 Å². The molecule has 1 aromatic rings. The van der Waals surface area contributed by atoms with E-state index in [0.717, 1.165) is 17.8 Å². The summed E-state index contributed by atoms with van der Waals surface area (Å²) in [5.74, 6) is -2.38. The molecule has 4 heterocycles. The Balaban J connectivity index is 1.38. The number of hydrogen-bond acceptors (Lipinski definition) is 11. The van der Waals surface area contributed by atoms with Gasteiger partial charge >= 0.3 is 12.1 Å². The minimum absolute atomic E-state index is 0.0707. The lowest BCUT2D eigenvalue weighted by Gasteiger charge is -2.53. The fourth-order valence-electron chi connectivity index (χ4n) is 3.51. The molecule has 0 bridgehead atoms. The van der Waals surface area contributed by atoms with Crippen LogP contribution in [-0.4, -0.2) is 98.1 Å². The molecule has 3 fully saturated rings. The van der Waals surface area contributed by atoms with Crippen molar-refractivity contribution in [2.75, 3.05) is 37.7 Å². The molecule has 3 saturated heterocycles. The first-order chi connectivity index (χ1) is 15.3. The zero-order chi connectivity index (χ0) is 23.0. The van der Waals surface area contributed by atoms with E-state index in [9.17, 15) is 29.5 Å². The Morgan fingerprint density at radius 3 is 2.72 bits per heavy atom. The number of rotatable bonds is 6. The van der Waals surface area contributed by atoms with Gasteiger partial charge in [0.15, 0.2) is 10.8 Å². The highest BCUT2D eigenvalue weighted by molar-refractivity contribution is 8.00. The van der Waals surface area contributed by atoms with Crippen LogP contribution >= 0.6 is 23.1 Å². The van der Waals surface area contributed by atoms with E-state index < -0.39 is 40.7 Å². The van der Waals surface area contributed by atoms with Crippen LogP contribution in [0, 0.1) is 5.41 Å². The fourth-order valence-corrected chi connectivity index (χ4v) is 5.59. The lowest BCUT2D eigenvalue weighted by atomic mass is 9.88. The average Bonchev–Trinajstić information content (AvgIpc) is 3.15. The van der Waals surface area contributed by atoms with Crippen LogP contribution in [0.25, 0.3) is 0 Å². The van der Waals surface area contributed by atoms with Gasteiger partial charge in [-0.2, -0.15) is 0 Å². The van der Waals surface area contributed by atoms with Crippen molar-refractivity contribution in [1.29, 1.82) is 0 Å². The van der Waals surface area contributed by atoms with E-state index in [1.807, 2.05) is 0 Å². The number of likely N-dealkylation sites (tertiary alicyclic amines) is 1. The molecule has 5 N–H and O–H groups in total. The van der Waals surface area contributed by atoms with Gasteiger partial charge in [-0.3, -0.25) is 14.4 Å². The number of carbonyl (C=O) groups excluding carboxylic acids is 3. The smallest absolute Gasteiger partial charge is 0.409 e. The number of carboxylic acids is 1. The minimum Gasteiger partial charge on any atom is -0.481 e. The van der Waals surface area contributed by atoms with Crippen LogP contribution in [0.2, 0.25) is 0 Å². The van der Waals surface area contributed by atoms with Crippen LogP contribution in [0.15, 0.2) is 10.5 Å². The molecule has 0 aromatic carbocycles. The highest BCUT2D eigenvalue weighted by Gasteiger charge is 2.58. The number of carboxylic acid groups (broad SMARTS) is 1. The molecule has 0 saturated carbocycles. The van der Waals surface area contributed by atoms with Crippen molar-refractivity contribution in [3.63, 3.8) is 0 Å². The number of nitrogens with one attached hydrogen (secondary N) is 1. The molecule has 3 atom stereocenters. The number of anilines is 1. The summed E-state index contributed by atoms with van der Waals surface area (Å²) in [6.45, 7) is 0.648. The molecule has 32 heavy (non-hydrogen) atoms. The van der Waals surface area contributed by atoms with E-state index >= 15 is 0 Å². The Morgan fingerprint density at radius 1 is 1.41 bits per heavy atom. The third-order valence-electron chi connectivity index (χ3n) is 5.55. The summed E-state index contributed by atoms with van der Waals surface area (Å²) in [6, 6.07) is -0.921. The number of thioether (sulfide) groups is 1. The van der Waals surface area contributed by atoms with Gasteiger partial charge in [0.05, 0.1) is 0 Å². The van der Waals surface area contributed by atoms with E-state index in [4.69, 9.17) is 10.5 Å². The van der Waals surface area contributed by atoms with Gasteiger partial charge in [-0.1, -0.05) is 5.16 Å². The summed E-state index contributed by atoms with van der Waals surface area (Å²) in [4.78, 5) is 55.8. The Morgan fingerprint density at radius 2 is 2.16 bits per heavy atom. The highest BCUT2D eigenvalue weighted by Crippen LogP contribution is 2.42. The number of hydrogen-bond donors (Lipinski definition) is 4. The van der Waals surface area contributed by atoms with Gasteiger partial charge in [-0.25, -0.2) is 9.78 Å². The van der Waals surface area contributed by atoms with Gasteiger partial charge in [0.2, 0.25) is 5.91 Å². The van der Waals surface area contributed by atoms with Crippen molar-refractivity contribution < 1.29 is 34.2 Å². The summed E-state index contributed by atoms with van der Waals surface area (Å²) in [7, 11) is 0. The maximum atomic E-state index is 12.6. The molecule has 0 radical (unpaired) electrons. The van der Waals surface area contributed by atoms with E-state index in [0.29, 0.717) is 13.1 Å². The number of fused-ring (bicyclic) bond motifs is 1. The minimum atomic E-state index is -1.44. The van der Waals surface area contributed by atoms with Gasteiger partial charge in [0.25, 0.3) is 5.91 Å². The van der Waals surface area contributed by atoms with Crippen LogP contribution < -0.4 is 11.1 Å². The van der Waals surface area contributed by atoms with Gasteiger partial charge in [-0.05, 0) is 6.42 Å². The fraction of sp³-hybridized carbons (Fsp3) is 0.529. The number of nitrogens with two attached hydrogens (primary N) is 1. The number of aliphatic carboxylic acids is 1. The number of β-lactam (4-membered cyclic amide) rings is 1. The Labute approximate surface area is 189 Å². The van der Waals surface area contributed by atoms with Crippen LogP contribution in [-0.2, 0) is 19.1 Å².